The van der Waals surface area contributed by atoms with Gasteiger partial charge in [0.2, 0.25) is 0 Å². The van der Waals surface area contributed by atoms with Gasteiger partial charge in [-0.1, -0.05) is 0 Å². The zero-order chi connectivity index (χ0) is 10.3. The molecule has 4 nitrogen and oxygen atoms in total. The third-order valence-corrected chi connectivity index (χ3v) is 3.47. The molecule has 0 aromatic heterocycles. The summed E-state index contributed by atoms with van der Waals surface area (Å²) in [7, 11) is 2.04. The van der Waals surface area contributed by atoms with Gasteiger partial charge in [-0.3, -0.25) is 4.90 Å². The maximum Gasteiger partial charge on any atom is 0.485 e. The summed E-state index contributed by atoms with van der Waals surface area (Å²) >= 11 is 0. The summed E-state index contributed by atoms with van der Waals surface area (Å²) in [5.41, 5.74) is 0. The highest BCUT2D eigenvalue weighted by molar-refractivity contribution is 6.36. The van der Waals surface area contributed by atoms with Crippen LogP contribution in [0.25, 0.3) is 0 Å². The molecule has 0 amide bonds. The van der Waals surface area contributed by atoms with E-state index in [0.717, 1.165) is 0 Å². The van der Waals surface area contributed by atoms with Gasteiger partial charge >= 0.3 is 9.53 Å². The minimum Gasteiger partial charge on any atom is -0.376 e. The molecule has 0 aliphatic rings. The van der Waals surface area contributed by atoms with Crippen LogP contribution < -0.4 is 0 Å². The van der Waals surface area contributed by atoms with Crippen LogP contribution in [-0.2, 0) is 13.3 Å². The quantitative estimate of drug-likeness (QED) is 0.454. The van der Waals surface area contributed by atoms with Crippen molar-refractivity contribution in [2.75, 3.05) is 27.3 Å². The molecule has 0 aromatic carbocycles. The van der Waals surface area contributed by atoms with Gasteiger partial charge < -0.3 is 13.3 Å². The molecule has 0 aliphatic carbocycles. The van der Waals surface area contributed by atoms with Crippen molar-refractivity contribution in [2.45, 2.75) is 27.0 Å². The van der Waals surface area contributed by atoms with Crippen LogP contribution in [0, 0.1) is 0 Å². The predicted molar refractivity (Wildman–Crippen MR) is 54.6 cm³/mol. The van der Waals surface area contributed by atoms with Crippen LogP contribution in [0.15, 0.2) is 0 Å². The molecule has 0 radical (unpaired) electrons. The third-order valence-electron chi connectivity index (χ3n) is 1.64. The van der Waals surface area contributed by atoms with Gasteiger partial charge in [0.25, 0.3) is 0 Å². The molecule has 1 atom stereocenters. The van der Waals surface area contributed by atoms with Crippen molar-refractivity contribution in [1.29, 1.82) is 0 Å². The Morgan fingerprint density at radius 3 is 1.92 bits per heavy atom. The Morgan fingerprint density at radius 1 is 1.15 bits per heavy atom. The molecule has 0 N–H and O–H groups in total. The van der Waals surface area contributed by atoms with Crippen molar-refractivity contribution in [1.82, 2.24) is 4.90 Å². The fourth-order valence-electron chi connectivity index (χ4n) is 0.681. The highest BCUT2D eigenvalue weighted by Gasteiger charge is 2.18. The Bertz CT molecular complexity index is 118. The summed E-state index contributed by atoms with van der Waals surface area (Å²) in [6, 6.07) is 0. The average Bonchev–Trinajstić information content (AvgIpc) is 2.05. The van der Waals surface area contributed by atoms with Crippen molar-refractivity contribution >= 4 is 9.53 Å². The van der Waals surface area contributed by atoms with E-state index in [1.807, 2.05) is 39.8 Å². The third kappa shape index (κ3) is 6.17. The average molecular weight is 207 g/mol. The molecule has 0 bridgehead atoms. The van der Waals surface area contributed by atoms with Gasteiger partial charge in [-0.05, 0) is 34.9 Å². The highest BCUT2D eigenvalue weighted by atomic mass is 28.3. The second-order valence-corrected chi connectivity index (χ2v) is 4.41. The number of hydrogen-bond donors (Lipinski definition) is 0. The first kappa shape index (κ1) is 13.1. The lowest BCUT2D eigenvalue weighted by Crippen LogP contribution is -2.37. The lowest BCUT2D eigenvalue weighted by Gasteiger charge is -2.24. The number of nitrogens with zero attached hydrogens (tertiary/aromatic N) is 1. The molecular weight excluding hydrogens is 186 g/mol. The maximum absolute atomic E-state index is 5.61. The summed E-state index contributed by atoms with van der Waals surface area (Å²) in [4.78, 5) is 1.98. The van der Waals surface area contributed by atoms with Crippen LogP contribution in [-0.4, -0.2) is 48.0 Å². The van der Waals surface area contributed by atoms with Crippen LogP contribution in [0.4, 0.5) is 0 Å². The molecule has 0 aliphatic heterocycles. The monoisotopic (exact) mass is 207 g/mol. The summed E-state index contributed by atoms with van der Waals surface area (Å²) < 4.78 is 16.4. The molecular formula is C8H21NO3Si. The van der Waals surface area contributed by atoms with Gasteiger partial charge in [0.1, 0.15) is 6.23 Å². The van der Waals surface area contributed by atoms with Crippen LogP contribution in [0.1, 0.15) is 20.8 Å². The van der Waals surface area contributed by atoms with E-state index in [4.69, 9.17) is 13.3 Å². The van der Waals surface area contributed by atoms with E-state index in [1.54, 1.807) is 0 Å². The first-order valence-corrected chi connectivity index (χ1v) is 6.08. The molecule has 5 heteroatoms. The number of hydrogen-bond acceptors (Lipinski definition) is 4. The Hall–Kier alpha value is 0.0569. The predicted octanol–water partition coefficient (Wildman–Crippen LogP) is 0.701. The van der Waals surface area contributed by atoms with E-state index in [2.05, 4.69) is 0 Å². The SMILES string of the molecule is CCO[SiH](OCC)OC(C)N(C)C. The zero-order valence-electron chi connectivity index (χ0n) is 9.24. The minimum atomic E-state index is -1.89. The second-order valence-electron chi connectivity index (χ2n) is 2.90. The van der Waals surface area contributed by atoms with Gasteiger partial charge in [-0.2, -0.15) is 0 Å². The fraction of sp³-hybridized carbons (Fsp3) is 1.00. The standard InChI is InChI=1S/C8H21NO3Si/c1-6-10-13(11-7-2)12-8(3)9(4)5/h8,13H,6-7H2,1-5H3. The second kappa shape index (κ2) is 7.46. The fourth-order valence-corrected chi connectivity index (χ4v) is 2.04. The Balaban J connectivity index is 3.78. The van der Waals surface area contributed by atoms with Crippen molar-refractivity contribution in [3.05, 3.63) is 0 Å². The van der Waals surface area contributed by atoms with Crippen molar-refractivity contribution < 1.29 is 13.3 Å². The zero-order valence-corrected chi connectivity index (χ0v) is 10.4. The molecule has 0 aromatic rings. The summed E-state index contributed by atoms with van der Waals surface area (Å²) in [6.07, 6.45) is 0.0507. The maximum atomic E-state index is 5.61. The Morgan fingerprint density at radius 2 is 1.62 bits per heavy atom. The van der Waals surface area contributed by atoms with E-state index in [0.29, 0.717) is 13.2 Å². The van der Waals surface area contributed by atoms with Crippen molar-refractivity contribution in [3.63, 3.8) is 0 Å². The summed E-state index contributed by atoms with van der Waals surface area (Å²) in [6.45, 7) is 7.18. The Labute approximate surface area is 82.7 Å². The van der Waals surface area contributed by atoms with Gasteiger partial charge in [0.15, 0.2) is 0 Å². The smallest absolute Gasteiger partial charge is 0.376 e. The van der Waals surface area contributed by atoms with Gasteiger partial charge in [0.05, 0.1) is 0 Å². The van der Waals surface area contributed by atoms with Crippen LogP contribution in [0.5, 0.6) is 0 Å². The Kier molecular flexibility index (Phi) is 7.49. The van der Waals surface area contributed by atoms with E-state index in [1.165, 1.54) is 0 Å². The molecule has 0 fully saturated rings. The topological polar surface area (TPSA) is 30.9 Å². The first-order valence-electron chi connectivity index (χ1n) is 4.66. The van der Waals surface area contributed by atoms with Crippen LogP contribution >= 0.6 is 0 Å². The summed E-state index contributed by atoms with van der Waals surface area (Å²) in [5.74, 6) is 0. The van der Waals surface area contributed by atoms with E-state index in [-0.39, 0.29) is 6.23 Å². The van der Waals surface area contributed by atoms with E-state index >= 15 is 0 Å². The lowest BCUT2D eigenvalue weighted by atomic mass is 10.6. The number of rotatable bonds is 7. The van der Waals surface area contributed by atoms with Crippen LogP contribution in [0.3, 0.4) is 0 Å². The van der Waals surface area contributed by atoms with Crippen molar-refractivity contribution in [2.24, 2.45) is 0 Å². The van der Waals surface area contributed by atoms with Gasteiger partial charge in [-0.25, -0.2) is 0 Å². The molecule has 0 spiro atoms. The molecule has 13 heavy (non-hydrogen) atoms. The molecule has 0 heterocycles. The van der Waals surface area contributed by atoms with Gasteiger partial charge in [0, 0.05) is 13.2 Å². The van der Waals surface area contributed by atoms with E-state index < -0.39 is 9.53 Å². The molecule has 0 saturated carbocycles. The largest absolute Gasteiger partial charge is 0.485 e. The molecule has 1 unspecified atom stereocenters. The molecule has 0 saturated heterocycles. The van der Waals surface area contributed by atoms with Crippen LogP contribution in [0.2, 0.25) is 0 Å². The van der Waals surface area contributed by atoms with E-state index in [9.17, 15) is 0 Å². The summed E-state index contributed by atoms with van der Waals surface area (Å²) in [5, 5.41) is 0. The molecule has 0 rings (SSSR count). The highest BCUT2D eigenvalue weighted by Crippen LogP contribution is 2.00. The first-order chi connectivity index (χ1) is 6.11. The van der Waals surface area contributed by atoms with Gasteiger partial charge in [-0.15, -0.1) is 0 Å². The molecule has 80 valence electrons. The van der Waals surface area contributed by atoms with Crippen molar-refractivity contribution in [3.8, 4) is 0 Å². The normalized spacial score (nSPS) is 14.1. The minimum absolute atomic E-state index is 0.0507. The lowest BCUT2D eigenvalue weighted by molar-refractivity contribution is 0.00800.